The molecule has 0 bridgehead atoms. The number of anilines is 1. The lowest BCUT2D eigenvalue weighted by molar-refractivity contribution is -0.0600. The topological polar surface area (TPSA) is 153 Å². The molecular weight excluding hydrogens is 260 g/mol. The summed E-state index contributed by atoms with van der Waals surface area (Å²) in [5.74, 6) is -1.30. The number of esters is 1. The van der Waals surface area contributed by atoms with Gasteiger partial charge in [-0.3, -0.25) is 0 Å². The van der Waals surface area contributed by atoms with Crippen LogP contribution in [0.5, 0.6) is 0 Å². The van der Waals surface area contributed by atoms with Crippen LogP contribution >= 0.6 is 0 Å². The van der Waals surface area contributed by atoms with Crippen LogP contribution in [0.3, 0.4) is 0 Å². The number of carbonyl (C=O) groups excluding carboxylic acids is 1. The highest BCUT2D eigenvalue weighted by Gasteiger charge is 2.45. The normalized spacial score (nSPS) is 30.5. The zero-order valence-corrected chi connectivity index (χ0v) is 10.0. The van der Waals surface area contributed by atoms with Gasteiger partial charge in [0, 0.05) is 0 Å². The van der Waals surface area contributed by atoms with Crippen LogP contribution in [0.4, 0.5) is 5.95 Å². The fraction of sp³-hybridized carbons (Fsp3) is 0.667. The fourth-order valence-electron chi connectivity index (χ4n) is 1.83. The van der Waals surface area contributed by atoms with Crippen LogP contribution in [0.2, 0.25) is 0 Å². The third kappa shape index (κ3) is 2.26. The Labute approximate surface area is 107 Å². The quantitative estimate of drug-likeness (QED) is 0.430. The number of nitrogens with two attached hydrogens (primary N) is 1. The first-order valence-corrected chi connectivity index (χ1v) is 5.42. The Morgan fingerprint density at radius 2 is 2.21 bits per heavy atom. The minimum atomic E-state index is -1.39. The number of aliphatic hydroxyl groups excluding tert-OH is 3. The van der Waals surface area contributed by atoms with Crippen LogP contribution in [0.25, 0.3) is 0 Å². The fourth-order valence-corrected chi connectivity index (χ4v) is 1.83. The summed E-state index contributed by atoms with van der Waals surface area (Å²) in [6, 6.07) is 0. The van der Waals surface area contributed by atoms with Crippen molar-refractivity contribution in [3.63, 3.8) is 0 Å². The van der Waals surface area contributed by atoms with Crippen molar-refractivity contribution in [2.45, 2.75) is 24.5 Å². The maximum absolute atomic E-state index is 11.5. The van der Waals surface area contributed by atoms with E-state index in [1.807, 2.05) is 0 Å². The molecule has 4 atom stereocenters. The summed E-state index contributed by atoms with van der Waals surface area (Å²) >= 11 is 0. The van der Waals surface area contributed by atoms with E-state index in [4.69, 9.17) is 15.6 Å². The third-order valence-electron chi connectivity index (χ3n) is 2.77. The largest absolute Gasteiger partial charge is 0.463 e. The summed E-state index contributed by atoms with van der Waals surface area (Å²) in [4.78, 5) is 15.1. The Morgan fingerprint density at radius 3 is 2.74 bits per heavy atom. The second kappa shape index (κ2) is 5.09. The lowest BCUT2D eigenvalue weighted by Crippen LogP contribution is -2.33. The van der Waals surface area contributed by atoms with E-state index >= 15 is 0 Å². The van der Waals surface area contributed by atoms with Gasteiger partial charge in [-0.1, -0.05) is 0 Å². The lowest BCUT2D eigenvalue weighted by atomic mass is 10.1. The molecule has 0 aliphatic carbocycles. The van der Waals surface area contributed by atoms with Gasteiger partial charge in [0.1, 0.15) is 18.3 Å². The van der Waals surface area contributed by atoms with E-state index in [9.17, 15) is 15.0 Å². The first-order valence-electron chi connectivity index (χ1n) is 5.42. The SMILES string of the molecule is COC(=O)c1nc(N)nn1[C@@H]1O[C@H](CO)[C@@H](O)[C@H]1O. The minimum absolute atomic E-state index is 0.210. The number of ether oxygens (including phenoxy) is 2. The number of rotatable bonds is 3. The van der Waals surface area contributed by atoms with E-state index in [-0.39, 0.29) is 11.8 Å². The predicted octanol–water partition coefficient (Wildman–Crippen LogP) is -2.74. The molecule has 2 rings (SSSR count). The second-order valence-corrected chi connectivity index (χ2v) is 3.96. The third-order valence-corrected chi connectivity index (χ3v) is 2.77. The Kier molecular flexibility index (Phi) is 3.66. The number of carbonyl (C=O) groups is 1. The smallest absolute Gasteiger partial charge is 0.376 e. The molecule has 0 saturated carbocycles. The summed E-state index contributed by atoms with van der Waals surface area (Å²) < 4.78 is 10.6. The van der Waals surface area contributed by atoms with Crippen molar-refractivity contribution < 1.29 is 29.6 Å². The van der Waals surface area contributed by atoms with Crippen LogP contribution in [0, 0.1) is 0 Å². The van der Waals surface area contributed by atoms with Gasteiger partial charge in [0.2, 0.25) is 11.8 Å². The number of aliphatic hydroxyl groups is 3. The highest BCUT2D eigenvalue weighted by Crippen LogP contribution is 2.29. The first kappa shape index (κ1) is 13.7. The zero-order valence-electron chi connectivity index (χ0n) is 10.0. The second-order valence-electron chi connectivity index (χ2n) is 3.96. The molecule has 1 aromatic rings. The van der Waals surface area contributed by atoms with Gasteiger partial charge in [-0.15, -0.1) is 5.10 Å². The molecule has 5 N–H and O–H groups in total. The van der Waals surface area contributed by atoms with Gasteiger partial charge in [0.15, 0.2) is 6.23 Å². The summed E-state index contributed by atoms with van der Waals surface area (Å²) in [5.41, 5.74) is 5.39. The molecule has 0 aromatic carbocycles. The Bertz CT molecular complexity index is 477. The van der Waals surface area contributed by atoms with Crippen molar-refractivity contribution >= 4 is 11.9 Å². The molecule has 1 fully saturated rings. The van der Waals surface area contributed by atoms with Gasteiger partial charge in [0.05, 0.1) is 13.7 Å². The van der Waals surface area contributed by atoms with Crippen LogP contribution in [0.1, 0.15) is 16.8 Å². The molecule has 106 valence electrons. The molecule has 1 saturated heterocycles. The number of hydrogen-bond acceptors (Lipinski definition) is 9. The van der Waals surface area contributed by atoms with Crippen LogP contribution in [0.15, 0.2) is 0 Å². The average Bonchev–Trinajstić information content (AvgIpc) is 2.91. The van der Waals surface area contributed by atoms with E-state index < -0.39 is 37.1 Å². The minimum Gasteiger partial charge on any atom is -0.463 e. The maximum Gasteiger partial charge on any atom is 0.376 e. The first-order chi connectivity index (χ1) is 8.99. The molecule has 1 aromatic heterocycles. The number of hydrogen-bond donors (Lipinski definition) is 4. The molecule has 1 aliphatic heterocycles. The van der Waals surface area contributed by atoms with Crippen LogP contribution in [-0.2, 0) is 9.47 Å². The summed E-state index contributed by atoms with van der Waals surface area (Å²) in [6.45, 7) is -0.494. The Balaban J connectivity index is 2.34. The highest BCUT2D eigenvalue weighted by atomic mass is 16.6. The summed E-state index contributed by atoms with van der Waals surface area (Å²) in [7, 11) is 1.15. The standard InChI is InChI=1S/C9H14N4O6/c1-18-8(17)6-11-9(10)12-13(6)7-5(16)4(15)3(2-14)19-7/h3-5,7,14-16H,2H2,1H3,(H2,10,12)/t3-,4-,5-,7-/m1/s1. The van der Waals surface area contributed by atoms with E-state index in [2.05, 4.69) is 14.8 Å². The molecule has 0 unspecified atom stereocenters. The number of nitrogens with zero attached hydrogens (tertiary/aromatic N) is 3. The molecule has 0 amide bonds. The van der Waals surface area contributed by atoms with Crippen molar-refractivity contribution in [3.8, 4) is 0 Å². The maximum atomic E-state index is 11.5. The molecule has 1 aliphatic rings. The van der Waals surface area contributed by atoms with Crippen LogP contribution in [-0.4, -0.2) is 68.1 Å². The summed E-state index contributed by atoms with van der Waals surface area (Å²) in [6.07, 6.45) is -4.88. The van der Waals surface area contributed by atoms with E-state index in [1.54, 1.807) is 0 Å². The van der Waals surface area contributed by atoms with E-state index in [1.165, 1.54) is 0 Å². The molecule has 10 heteroatoms. The average molecular weight is 274 g/mol. The predicted molar refractivity (Wildman–Crippen MR) is 58.8 cm³/mol. The monoisotopic (exact) mass is 274 g/mol. The number of nitrogen functional groups attached to an aromatic ring is 1. The van der Waals surface area contributed by atoms with Crippen molar-refractivity contribution in [1.29, 1.82) is 0 Å². The van der Waals surface area contributed by atoms with Gasteiger partial charge >= 0.3 is 5.97 Å². The summed E-state index contributed by atoms with van der Waals surface area (Å²) in [5, 5.41) is 32.2. The molecule has 0 spiro atoms. The van der Waals surface area contributed by atoms with Gasteiger partial charge in [0.25, 0.3) is 0 Å². The van der Waals surface area contributed by atoms with E-state index in [0.29, 0.717) is 0 Å². The lowest BCUT2D eigenvalue weighted by Gasteiger charge is -2.15. The molecule has 2 heterocycles. The number of methoxy groups -OCH3 is 1. The van der Waals surface area contributed by atoms with Crippen molar-refractivity contribution in [3.05, 3.63) is 5.82 Å². The van der Waals surface area contributed by atoms with Gasteiger partial charge in [-0.2, -0.15) is 4.98 Å². The molecule has 0 radical (unpaired) electrons. The van der Waals surface area contributed by atoms with Crippen molar-refractivity contribution in [2.75, 3.05) is 19.5 Å². The van der Waals surface area contributed by atoms with Gasteiger partial charge in [-0.25, -0.2) is 9.48 Å². The van der Waals surface area contributed by atoms with Crippen molar-refractivity contribution in [1.82, 2.24) is 14.8 Å². The number of aromatic nitrogens is 3. The Hall–Kier alpha value is -1.75. The van der Waals surface area contributed by atoms with Gasteiger partial charge in [-0.05, 0) is 0 Å². The highest BCUT2D eigenvalue weighted by molar-refractivity contribution is 5.85. The van der Waals surface area contributed by atoms with Crippen LogP contribution < -0.4 is 5.73 Å². The van der Waals surface area contributed by atoms with Crippen molar-refractivity contribution in [2.24, 2.45) is 0 Å². The molecule has 10 nitrogen and oxygen atoms in total. The Morgan fingerprint density at radius 1 is 1.53 bits per heavy atom. The van der Waals surface area contributed by atoms with Gasteiger partial charge < -0.3 is 30.5 Å². The molecule has 19 heavy (non-hydrogen) atoms. The molecular formula is C9H14N4O6. The van der Waals surface area contributed by atoms with E-state index in [0.717, 1.165) is 11.8 Å². The zero-order chi connectivity index (χ0) is 14.2.